The third kappa shape index (κ3) is 1.67. The molecule has 2 aliphatic carbocycles. The highest BCUT2D eigenvalue weighted by Gasteiger charge is 2.49. The Labute approximate surface area is 90.8 Å². The maximum atomic E-state index is 12.2. The van der Waals surface area contributed by atoms with Gasteiger partial charge in [-0.3, -0.25) is 4.79 Å². The van der Waals surface area contributed by atoms with E-state index in [4.69, 9.17) is 4.74 Å². The van der Waals surface area contributed by atoms with Crippen LogP contribution in [0.1, 0.15) is 26.2 Å². The standard InChI is InChI=1S/C12H19NO2/c1-8-7-15-3-2-13(8)12(14)11-5-9-4-10(9)6-11/h8-11H,2-7H2,1H3/t8-,9?,10?,11?/m1/s1. The van der Waals surface area contributed by atoms with Crippen LogP contribution in [0.4, 0.5) is 0 Å². The van der Waals surface area contributed by atoms with Crippen LogP contribution in [-0.2, 0) is 9.53 Å². The second-order valence-electron chi connectivity index (χ2n) is 5.38. The topological polar surface area (TPSA) is 29.5 Å². The highest BCUT2D eigenvalue weighted by molar-refractivity contribution is 5.79. The Bertz CT molecular complexity index is 269. The molecule has 0 N–H and O–H groups in total. The first-order valence-electron chi connectivity index (χ1n) is 6.14. The molecule has 0 bridgehead atoms. The number of hydrogen-bond acceptors (Lipinski definition) is 2. The largest absolute Gasteiger partial charge is 0.377 e. The van der Waals surface area contributed by atoms with Crippen LogP contribution in [0.3, 0.4) is 0 Å². The zero-order valence-electron chi connectivity index (χ0n) is 9.32. The minimum Gasteiger partial charge on any atom is -0.377 e. The molecule has 15 heavy (non-hydrogen) atoms. The van der Waals surface area contributed by atoms with E-state index in [2.05, 4.69) is 6.92 Å². The average Bonchev–Trinajstić information content (AvgIpc) is 2.86. The van der Waals surface area contributed by atoms with Gasteiger partial charge in [0.1, 0.15) is 0 Å². The summed E-state index contributed by atoms with van der Waals surface area (Å²) in [5, 5.41) is 0. The number of carbonyl (C=O) groups excluding carboxylic acids is 1. The van der Waals surface area contributed by atoms with Crippen molar-refractivity contribution in [3.05, 3.63) is 0 Å². The van der Waals surface area contributed by atoms with Crippen molar-refractivity contribution in [1.29, 1.82) is 0 Å². The number of amides is 1. The Morgan fingerprint density at radius 3 is 2.67 bits per heavy atom. The molecule has 3 rings (SSSR count). The fraction of sp³-hybridized carbons (Fsp3) is 0.917. The maximum absolute atomic E-state index is 12.2. The number of rotatable bonds is 1. The van der Waals surface area contributed by atoms with Crippen molar-refractivity contribution >= 4 is 5.91 Å². The summed E-state index contributed by atoms with van der Waals surface area (Å²) in [5.41, 5.74) is 0. The monoisotopic (exact) mass is 209 g/mol. The van der Waals surface area contributed by atoms with E-state index in [0.717, 1.165) is 37.8 Å². The molecule has 1 amide bonds. The van der Waals surface area contributed by atoms with Gasteiger partial charge < -0.3 is 9.64 Å². The van der Waals surface area contributed by atoms with E-state index in [0.29, 0.717) is 18.4 Å². The second kappa shape index (κ2) is 3.48. The highest BCUT2D eigenvalue weighted by Crippen LogP contribution is 2.54. The first-order chi connectivity index (χ1) is 7.25. The normalized spacial score (nSPS) is 43.9. The molecule has 3 nitrogen and oxygen atoms in total. The molecule has 3 fully saturated rings. The first kappa shape index (κ1) is 9.64. The van der Waals surface area contributed by atoms with Crippen LogP contribution in [0.5, 0.6) is 0 Å². The van der Waals surface area contributed by atoms with E-state index in [1.165, 1.54) is 6.42 Å². The van der Waals surface area contributed by atoms with Gasteiger partial charge in [0, 0.05) is 12.5 Å². The summed E-state index contributed by atoms with van der Waals surface area (Å²) in [6.45, 7) is 4.32. The van der Waals surface area contributed by atoms with Crippen LogP contribution in [0, 0.1) is 17.8 Å². The molecule has 3 atom stereocenters. The molecule has 3 heteroatoms. The van der Waals surface area contributed by atoms with Crippen molar-refractivity contribution in [3.63, 3.8) is 0 Å². The molecular weight excluding hydrogens is 190 g/mol. The summed E-state index contributed by atoms with van der Waals surface area (Å²) in [4.78, 5) is 14.3. The number of fused-ring (bicyclic) bond motifs is 1. The number of carbonyl (C=O) groups is 1. The molecule has 0 aromatic rings. The van der Waals surface area contributed by atoms with Crippen molar-refractivity contribution < 1.29 is 9.53 Å². The Balaban J connectivity index is 1.62. The van der Waals surface area contributed by atoms with Crippen LogP contribution >= 0.6 is 0 Å². The van der Waals surface area contributed by atoms with Crippen LogP contribution < -0.4 is 0 Å². The first-order valence-corrected chi connectivity index (χ1v) is 6.14. The lowest BCUT2D eigenvalue weighted by atomic mass is 10.0. The third-order valence-corrected chi connectivity index (χ3v) is 4.24. The number of nitrogens with zero attached hydrogens (tertiary/aromatic N) is 1. The maximum Gasteiger partial charge on any atom is 0.226 e. The fourth-order valence-corrected chi connectivity index (χ4v) is 3.21. The van der Waals surface area contributed by atoms with Gasteiger partial charge in [0.15, 0.2) is 0 Å². The van der Waals surface area contributed by atoms with Gasteiger partial charge in [-0.15, -0.1) is 0 Å². The predicted molar refractivity (Wildman–Crippen MR) is 56.3 cm³/mol. The summed E-state index contributed by atoms with van der Waals surface area (Å²) in [5.74, 6) is 2.54. The van der Waals surface area contributed by atoms with Gasteiger partial charge in [0.05, 0.1) is 19.3 Å². The highest BCUT2D eigenvalue weighted by atomic mass is 16.5. The van der Waals surface area contributed by atoms with Gasteiger partial charge in [-0.05, 0) is 38.0 Å². The molecule has 2 unspecified atom stereocenters. The smallest absolute Gasteiger partial charge is 0.226 e. The van der Waals surface area contributed by atoms with E-state index in [1.54, 1.807) is 0 Å². The lowest BCUT2D eigenvalue weighted by molar-refractivity contribution is -0.143. The second-order valence-corrected chi connectivity index (χ2v) is 5.38. The van der Waals surface area contributed by atoms with Gasteiger partial charge in [0.25, 0.3) is 0 Å². The van der Waals surface area contributed by atoms with Crippen molar-refractivity contribution in [2.75, 3.05) is 19.8 Å². The van der Waals surface area contributed by atoms with Gasteiger partial charge in [-0.2, -0.15) is 0 Å². The number of ether oxygens (including phenoxy) is 1. The molecule has 2 saturated carbocycles. The summed E-state index contributed by atoms with van der Waals surface area (Å²) in [6.07, 6.45) is 3.71. The Kier molecular flexibility index (Phi) is 2.23. The Hall–Kier alpha value is -0.570. The summed E-state index contributed by atoms with van der Waals surface area (Å²) in [6, 6.07) is 0.281. The zero-order chi connectivity index (χ0) is 10.4. The lowest BCUT2D eigenvalue weighted by Gasteiger charge is -2.35. The minimum absolute atomic E-state index is 0.281. The quantitative estimate of drug-likeness (QED) is 0.651. The molecule has 0 aromatic heterocycles. The van der Waals surface area contributed by atoms with Crippen molar-refractivity contribution in [3.8, 4) is 0 Å². The Morgan fingerprint density at radius 1 is 1.27 bits per heavy atom. The SMILES string of the molecule is C[C@@H]1COCCN1C(=O)C1CC2CC2C1. The molecule has 1 saturated heterocycles. The van der Waals surface area contributed by atoms with Crippen molar-refractivity contribution in [1.82, 2.24) is 4.90 Å². The molecule has 0 aromatic carbocycles. The van der Waals surface area contributed by atoms with Crippen LogP contribution in [0.25, 0.3) is 0 Å². The zero-order valence-corrected chi connectivity index (χ0v) is 9.32. The van der Waals surface area contributed by atoms with E-state index in [9.17, 15) is 4.79 Å². The van der Waals surface area contributed by atoms with Crippen LogP contribution in [-0.4, -0.2) is 36.6 Å². The van der Waals surface area contributed by atoms with Gasteiger partial charge in [-0.25, -0.2) is 0 Å². The van der Waals surface area contributed by atoms with Crippen molar-refractivity contribution in [2.45, 2.75) is 32.2 Å². The fourth-order valence-electron chi connectivity index (χ4n) is 3.21. The average molecular weight is 209 g/mol. The van der Waals surface area contributed by atoms with E-state index >= 15 is 0 Å². The number of morpholine rings is 1. The minimum atomic E-state index is 0.281. The van der Waals surface area contributed by atoms with E-state index in [1.807, 2.05) is 4.90 Å². The van der Waals surface area contributed by atoms with Crippen LogP contribution in [0.2, 0.25) is 0 Å². The van der Waals surface area contributed by atoms with E-state index in [-0.39, 0.29) is 6.04 Å². The van der Waals surface area contributed by atoms with Crippen molar-refractivity contribution in [2.24, 2.45) is 17.8 Å². The summed E-state index contributed by atoms with van der Waals surface area (Å²) in [7, 11) is 0. The third-order valence-electron chi connectivity index (χ3n) is 4.24. The molecular formula is C12H19NO2. The van der Waals surface area contributed by atoms with Gasteiger partial charge in [0.2, 0.25) is 5.91 Å². The summed E-state index contributed by atoms with van der Waals surface area (Å²) < 4.78 is 5.36. The van der Waals surface area contributed by atoms with Crippen LogP contribution in [0.15, 0.2) is 0 Å². The molecule has 0 radical (unpaired) electrons. The Morgan fingerprint density at radius 2 is 2.00 bits per heavy atom. The molecule has 1 aliphatic heterocycles. The van der Waals surface area contributed by atoms with E-state index < -0.39 is 0 Å². The molecule has 1 heterocycles. The van der Waals surface area contributed by atoms with Gasteiger partial charge in [-0.1, -0.05) is 0 Å². The number of hydrogen-bond donors (Lipinski definition) is 0. The molecule has 84 valence electrons. The molecule has 3 aliphatic rings. The lowest BCUT2D eigenvalue weighted by Crippen LogP contribution is -2.49. The van der Waals surface area contributed by atoms with Gasteiger partial charge >= 0.3 is 0 Å². The predicted octanol–water partition coefficient (Wildman–Crippen LogP) is 1.28. The molecule has 0 spiro atoms. The summed E-state index contributed by atoms with van der Waals surface area (Å²) >= 11 is 0.